The molecular weight excluding hydrogens is 313 g/mol. The Hall–Kier alpha value is -2.09. The molecule has 0 aliphatic carbocycles. The Morgan fingerprint density at radius 1 is 1.43 bits per heavy atom. The summed E-state index contributed by atoms with van der Waals surface area (Å²) >= 11 is 0. The normalized spacial score (nSPS) is 18.3. The molecule has 2 heterocycles. The zero-order valence-electron chi connectivity index (χ0n) is 12.5. The predicted molar refractivity (Wildman–Crippen MR) is 74.6 cm³/mol. The molecule has 5 nitrogen and oxygen atoms in total. The van der Waals surface area contributed by atoms with Crippen LogP contribution in [0.25, 0.3) is 10.9 Å². The van der Waals surface area contributed by atoms with E-state index in [0.717, 1.165) is 13.2 Å². The molecule has 1 aliphatic heterocycles. The molecule has 3 rings (SSSR count). The van der Waals surface area contributed by atoms with Gasteiger partial charge in [-0.2, -0.15) is 18.3 Å². The van der Waals surface area contributed by atoms with E-state index in [-0.39, 0.29) is 0 Å². The maximum absolute atomic E-state index is 10.5. The first-order valence-corrected chi connectivity index (χ1v) is 7.07. The number of benzene rings is 1. The Balaban J connectivity index is 0.000000236. The number of carboxylic acids is 1. The standard InChI is InChI=1S/C13H16N2O.C2HF3O2/c1-15-13-6-2-5-11(12(13)8-14-15)10-4-3-7-16-9-10;3-2(4,5)1(6)7/h2,5-6,8,10H,3-4,7,9H2,1H3;(H,6,7)/p-1. The van der Waals surface area contributed by atoms with Crippen molar-refractivity contribution < 1.29 is 27.8 Å². The quantitative estimate of drug-likeness (QED) is 0.800. The molecule has 1 aliphatic rings. The predicted octanol–water partition coefficient (Wildman–Crippen LogP) is 1.77. The third-order valence-electron chi connectivity index (χ3n) is 3.66. The van der Waals surface area contributed by atoms with Gasteiger partial charge in [-0.3, -0.25) is 4.68 Å². The molecule has 0 bridgehead atoms. The van der Waals surface area contributed by atoms with Crippen LogP contribution < -0.4 is 5.11 Å². The minimum absolute atomic E-state index is 0.543. The van der Waals surface area contributed by atoms with Crippen LogP contribution in [0.3, 0.4) is 0 Å². The Kier molecular flexibility index (Phi) is 5.25. The summed E-state index contributed by atoms with van der Waals surface area (Å²) in [6.45, 7) is 1.77. The van der Waals surface area contributed by atoms with Gasteiger partial charge in [-0.15, -0.1) is 0 Å². The summed E-state index contributed by atoms with van der Waals surface area (Å²) in [6, 6.07) is 6.45. The minimum Gasteiger partial charge on any atom is -0.542 e. The number of aromatic nitrogens is 2. The summed E-state index contributed by atoms with van der Waals surface area (Å²) in [4.78, 5) is 8.78. The van der Waals surface area contributed by atoms with E-state index >= 15 is 0 Å². The fourth-order valence-electron chi connectivity index (χ4n) is 2.54. The number of aliphatic carboxylic acids is 1. The van der Waals surface area contributed by atoms with Crippen LogP contribution in [-0.4, -0.2) is 35.1 Å². The highest BCUT2D eigenvalue weighted by molar-refractivity contribution is 5.82. The second-order valence-electron chi connectivity index (χ2n) is 5.25. The number of carbonyl (C=O) groups excluding carboxylic acids is 1. The van der Waals surface area contributed by atoms with E-state index in [4.69, 9.17) is 14.6 Å². The number of ether oxygens (including phenoxy) is 1. The van der Waals surface area contributed by atoms with Crippen molar-refractivity contribution in [3.05, 3.63) is 30.0 Å². The van der Waals surface area contributed by atoms with Crippen LogP contribution in [0.5, 0.6) is 0 Å². The molecule has 8 heteroatoms. The first kappa shape index (κ1) is 17.3. The van der Waals surface area contributed by atoms with Crippen molar-refractivity contribution in [1.29, 1.82) is 0 Å². The molecule has 23 heavy (non-hydrogen) atoms. The monoisotopic (exact) mass is 329 g/mol. The first-order chi connectivity index (χ1) is 10.8. The van der Waals surface area contributed by atoms with Crippen molar-refractivity contribution in [1.82, 2.24) is 9.78 Å². The smallest absolute Gasteiger partial charge is 0.430 e. The van der Waals surface area contributed by atoms with Crippen LogP contribution in [0, 0.1) is 0 Å². The van der Waals surface area contributed by atoms with Gasteiger partial charge in [0.15, 0.2) is 0 Å². The molecule has 1 saturated heterocycles. The highest BCUT2D eigenvalue weighted by atomic mass is 19.4. The molecule has 1 aromatic carbocycles. The van der Waals surface area contributed by atoms with E-state index in [0.29, 0.717) is 5.92 Å². The van der Waals surface area contributed by atoms with Crippen LogP contribution in [0.2, 0.25) is 0 Å². The summed E-state index contributed by atoms with van der Waals surface area (Å²) in [6.07, 6.45) is -0.825. The van der Waals surface area contributed by atoms with Crippen molar-refractivity contribution in [2.24, 2.45) is 7.05 Å². The van der Waals surface area contributed by atoms with Crippen LogP contribution >= 0.6 is 0 Å². The summed E-state index contributed by atoms with van der Waals surface area (Å²) in [5.74, 6) is -2.46. The Bertz CT molecular complexity index is 676. The highest BCUT2D eigenvalue weighted by Crippen LogP contribution is 2.30. The van der Waals surface area contributed by atoms with Crippen molar-refractivity contribution >= 4 is 16.9 Å². The minimum atomic E-state index is -5.19. The van der Waals surface area contributed by atoms with E-state index in [2.05, 4.69) is 23.3 Å². The topological polar surface area (TPSA) is 67.2 Å². The molecule has 1 fully saturated rings. The van der Waals surface area contributed by atoms with E-state index in [1.54, 1.807) is 0 Å². The Labute approximate surface area is 130 Å². The van der Waals surface area contributed by atoms with E-state index in [1.807, 2.05) is 17.9 Å². The Morgan fingerprint density at radius 3 is 2.70 bits per heavy atom. The van der Waals surface area contributed by atoms with Gasteiger partial charge in [-0.1, -0.05) is 12.1 Å². The number of hydrogen-bond donors (Lipinski definition) is 0. The molecule has 126 valence electrons. The molecule has 1 unspecified atom stereocenters. The number of hydrogen-bond acceptors (Lipinski definition) is 4. The van der Waals surface area contributed by atoms with Crippen molar-refractivity contribution in [3.8, 4) is 0 Å². The molecule has 0 N–H and O–H groups in total. The van der Waals surface area contributed by atoms with Crippen LogP contribution in [-0.2, 0) is 16.6 Å². The molecule has 2 aromatic rings. The number of nitrogens with zero attached hydrogens (tertiary/aromatic N) is 2. The fraction of sp³-hybridized carbons (Fsp3) is 0.467. The second kappa shape index (κ2) is 6.99. The molecule has 0 spiro atoms. The van der Waals surface area contributed by atoms with Crippen molar-refractivity contribution in [3.63, 3.8) is 0 Å². The van der Waals surface area contributed by atoms with Gasteiger partial charge in [0.25, 0.3) is 0 Å². The van der Waals surface area contributed by atoms with Gasteiger partial charge in [0, 0.05) is 25.0 Å². The zero-order valence-corrected chi connectivity index (χ0v) is 12.5. The van der Waals surface area contributed by atoms with E-state index < -0.39 is 12.1 Å². The van der Waals surface area contributed by atoms with E-state index in [9.17, 15) is 13.2 Å². The maximum atomic E-state index is 10.5. The highest BCUT2D eigenvalue weighted by Gasteiger charge is 2.28. The van der Waals surface area contributed by atoms with Gasteiger partial charge in [0.1, 0.15) is 5.97 Å². The maximum Gasteiger partial charge on any atom is 0.430 e. The SMILES string of the molecule is Cn1ncc2c(C3CCCOC3)cccc21.O=C([O-])C(F)(F)F. The van der Waals surface area contributed by atoms with Gasteiger partial charge in [0.05, 0.1) is 18.3 Å². The van der Waals surface area contributed by atoms with Gasteiger partial charge >= 0.3 is 6.18 Å². The number of rotatable bonds is 1. The van der Waals surface area contributed by atoms with Gasteiger partial charge in [0.2, 0.25) is 0 Å². The molecule has 1 atom stereocenters. The number of carboxylic acid groups (broad SMARTS) is 1. The van der Waals surface area contributed by atoms with E-state index in [1.165, 1.54) is 29.3 Å². The molecule has 0 amide bonds. The molecule has 1 aromatic heterocycles. The molecule has 0 saturated carbocycles. The third kappa shape index (κ3) is 4.22. The second-order valence-corrected chi connectivity index (χ2v) is 5.25. The summed E-state index contributed by atoms with van der Waals surface area (Å²) in [5.41, 5.74) is 2.60. The summed E-state index contributed by atoms with van der Waals surface area (Å²) in [7, 11) is 1.99. The number of fused-ring (bicyclic) bond motifs is 1. The number of carbonyl (C=O) groups is 1. The number of halogens is 3. The number of aryl methyl sites for hydroxylation is 1. The van der Waals surface area contributed by atoms with Crippen LogP contribution in [0.4, 0.5) is 13.2 Å². The Morgan fingerprint density at radius 2 is 2.13 bits per heavy atom. The van der Waals surface area contributed by atoms with Crippen molar-refractivity contribution in [2.75, 3.05) is 13.2 Å². The summed E-state index contributed by atoms with van der Waals surface area (Å²) in [5, 5.41) is 14.4. The van der Waals surface area contributed by atoms with Crippen molar-refractivity contribution in [2.45, 2.75) is 24.9 Å². The largest absolute Gasteiger partial charge is 0.542 e. The lowest BCUT2D eigenvalue weighted by Crippen LogP contribution is -2.37. The third-order valence-corrected chi connectivity index (χ3v) is 3.66. The lowest BCUT2D eigenvalue weighted by atomic mass is 9.91. The van der Waals surface area contributed by atoms with Gasteiger partial charge < -0.3 is 14.6 Å². The lowest BCUT2D eigenvalue weighted by molar-refractivity contribution is -0.344. The number of alkyl halides is 3. The molecular formula is C15H16F3N2O3-. The van der Waals surface area contributed by atoms with Gasteiger partial charge in [-0.05, 0) is 24.5 Å². The van der Waals surface area contributed by atoms with Gasteiger partial charge in [-0.25, -0.2) is 0 Å². The summed E-state index contributed by atoms with van der Waals surface area (Å²) < 4.78 is 39.0. The first-order valence-electron chi connectivity index (χ1n) is 7.07. The fourth-order valence-corrected chi connectivity index (χ4v) is 2.54. The zero-order chi connectivity index (χ0) is 17.0. The average Bonchev–Trinajstić information content (AvgIpc) is 2.89. The lowest BCUT2D eigenvalue weighted by Gasteiger charge is -2.22. The molecule has 0 radical (unpaired) electrons. The average molecular weight is 329 g/mol. The van der Waals surface area contributed by atoms with Crippen LogP contribution in [0.1, 0.15) is 24.3 Å². The van der Waals surface area contributed by atoms with Crippen LogP contribution in [0.15, 0.2) is 24.4 Å².